The van der Waals surface area contributed by atoms with Gasteiger partial charge in [0, 0.05) is 7.05 Å². The Morgan fingerprint density at radius 3 is 2.33 bits per heavy atom. The third-order valence-corrected chi connectivity index (χ3v) is 3.76. The molecule has 6 heteroatoms. The van der Waals surface area contributed by atoms with E-state index < -0.39 is 0 Å². The van der Waals surface area contributed by atoms with Gasteiger partial charge in [0.15, 0.2) is 0 Å². The molecule has 0 bridgehead atoms. The molecule has 0 spiro atoms. The highest BCUT2D eigenvalue weighted by atomic mass is 16.2. The van der Waals surface area contributed by atoms with Crippen molar-refractivity contribution in [3.05, 3.63) is 41.7 Å². The number of nitrogens with one attached hydrogen (secondary N) is 2. The van der Waals surface area contributed by atoms with Gasteiger partial charge in [0.2, 0.25) is 5.95 Å². The number of aromatic nitrogens is 3. The first-order chi connectivity index (χ1) is 11.3. The lowest BCUT2D eigenvalue weighted by atomic mass is 9.94. The van der Waals surface area contributed by atoms with Crippen LogP contribution in [0.5, 0.6) is 0 Å². The van der Waals surface area contributed by atoms with E-state index in [1.165, 1.54) is 5.56 Å². The van der Waals surface area contributed by atoms with Crippen LogP contribution in [0, 0.1) is 11.8 Å². The molecule has 0 saturated heterocycles. The van der Waals surface area contributed by atoms with Gasteiger partial charge in [0.1, 0.15) is 6.33 Å². The van der Waals surface area contributed by atoms with Crippen molar-refractivity contribution >= 4 is 12.0 Å². The van der Waals surface area contributed by atoms with Gasteiger partial charge in [-0.25, -0.2) is 9.78 Å². The molecule has 0 fully saturated rings. The Labute approximate surface area is 143 Å². The van der Waals surface area contributed by atoms with Crippen LogP contribution in [0.2, 0.25) is 0 Å². The van der Waals surface area contributed by atoms with Crippen LogP contribution >= 0.6 is 0 Å². The summed E-state index contributed by atoms with van der Waals surface area (Å²) in [5, 5.41) is 9.72. The highest BCUT2D eigenvalue weighted by Gasteiger charge is 2.19. The number of carbonyl (C=O) groups is 1. The number of benzene rings is 1. The number of rotatable bonds is 6. The van der Waals surface area contributed by atoms with Crippen molar-refractivity contribution in [1.29, 1.82) is 0 Å². The van der Waals surface area contributed by atoms with E-state index in [0.29, 0.717) is 11.9 Å². The van der Waals surface area contributed by atoms with E-state index in [-0.39, 0.29) is 18.0 Å². The average molecular weight is 329 g/mol. The molecule has 2 amide bonds. The lowest BCUT2D eigenvalue weighted by Gasteiger charge is -2.23. The van der Waals surface area contributed by atoms with E-state index >= 15 is 0 Å². The van der Waals surface area contributed by atoms with E-state index in [2.05, 4.69) is 72.7 Å². The fraction of sp³-hybridized carbons (Fsp3) is 0.500. The van der Waals surface area contributed by atoms with Gasteiger partial charge in [-0.15, -0.1) is 5.10 Å². The van der Waals surface area contributed by atoms with Crippen LogP contribution in [-0.4, -0.2) is 20.8 Å². The predicted octanol–water partition coefficient (Wildman–Crippen LogP) is 3.53. The molecule has 6 nitrogen and oxygen atoms in total. The second-order valence-corrected chi connectivity index (χ2v) is 6.90. The summed E-state index contributed by atoms with van der Waals surface area (Å²) in [6.07, 6.45) is 2.61. The van der Waals surface area contributed by atoms with Gasteiger partial charge in [-0.3, -0.25) is 10.00 Å². The molecule has 1 atom stereocenters. The molecule has 2 rings (SSSR count). The quantitative estimate of drug-likeness (QED) is 0.851. The summed E-state index contributed by atoms with van der Waals surface area (Å²) in [6, 6.07) is 8.12. The molecule has 1 aromatic carbocycles. The molecule has 0 aliphatic rings. The zero-order valence-corrected chi connectivity index (χ0v) is 15.1. The average Bonchev–Trinajstić information content (AvgIpc) is 2.90. The first-order valence-electron chi connectivity index (χ1n) is 8.37. The maximum Gasteiger partial charge on any atom is 0.322 e. The summed E-state index contributed by atoms with van der Waals surface area (Å²) < 4.78 is 1.54. The minimum atomic E-state index is -0.300. The Kier molecular flexibility index (Phi) is 5.95. The topological polar surface area (TPSA) is 71.8 Å². The minimum absolute atomic E-state index is 0.0678. The second-order valence-electron chi connectivity index (χ2n) is 6.90. The molecular weight excluding hydrogens is 302 g/mol. The molecule has 1 aromatic heterocycles. The molecule has 2 N–H and O–H groups in total. The van der Waals surface area contributed by atoms with Crippen molar-refractivity contribution in [2.45, 2.75) is 40.2 Å². The number of carbonyl (C=O) groups excluding carboxylic acids is 1. The lowest BCUT2D eigenvalue weighted by Crippen LogP contribution is -2.35. The zero-order chi connectivity index (χ0) is 17.7. The van der Waals surface area contributed by atoms with Gasteiger partial charge in [-0.05, 0) is 29.4 Å². The number of anilines is 1. The number of urea groups is 1. The fourth-order valence-corrected chi connectivity index (χ4v) is 2.64. The van der Waals surface area contributed by atoms with Crippen molar-refractivity contribution in [3.8, 4) is 0 Å². The van der Waals surface area contributed by atoms with Gasteiger partial charge in [-0.2, -0.15) is 0 Å². The number of aryl methyl sites for hydroxylation is 1. The van der Waals surface area contributed by atoms with Crippen LogP contribution < -0.4 is 10.6 Å². The predicted molar refractivity (Wildman–Crippen MR) is 95.7 cm³/mol. The van der Waals surface area contributed by atoms with Crippen molar-refractivity contribution in [1.82, 2.24) is 20.1 Å². The molecule has 2 aromatic rings. The largest absolute Gasteiger partial charge is 0.331 e. The van der Waals surface area contributed by atoms with Gasteiger partial charge in [0.25, 0.3) is 0 Å². The highest BCUT2D eigenvalue weighted by Crippen LogP contribution is 2.23. The summed E-state index contributed by atoms with van der Waals surface area (Å²) >= 11 is 0. The van der Waals surface area contributed by atoms with Crippen molar-refractivity contribution < 1.29 is 4.79 Å². The van der Waals surface area contributed by atoms with E-state index in [0.717, 1.165) is 12.0 Å². The molecule has 0 aliphatic carbocycles. The molecule has 0 radical (unpaired) electrons. The smallest absolute Gasteiger partial charge is 0.322 e. The molecule has 0 saturated carbocycles. The van der Waals surface area contributed by atoms with Crippen molar-refractivity contribution in [2.75, 3.05) is 5.32 Å². The number of nitrogens with zero attached hydrogens (tertiary/aromatic N) is 3. The summed E-state index contributed by atoms with van der Waals surface area (Å²) in [7, 11) is 1.76. The van der Waals surface area contributed by atoms with Crippen molar-refractivity contribution in [2.24, 2.45) is 18.9 Å². The van der Waals surface area contributed by atoms with Gasteiger partial charge < -0.3 is 5.32 Å². The Morgan fingerprint density at radius 2 is 1.83 bits per heavy atom. The summed E-state index contributed by atoms with van der Waals surface area (Å²) in [4.78, 5) is 16.2. The molecule has 0 aliphatic heterocycles. The SMILES string of the molecule is CC(C)Cc1ccc(C(NC(=O)Nc2ncn(C)n2)C(C)C)cc1. The third-order valence-electron chi connectivity index (χ3n) is 3.76. The summed E-state index contributed by atoms with van der Waals surface area (Å²) in [5.74, 6) is 1.19. The van der Waals surface area contributed by atoms with Crippen LogP contribution in [0.3, 0.4) is 0 Å². The second kappa shape index (κ2) is 7.95. The number of amides is 2. The first-order valence-corrected chi connectivity index (χ1v) is 8.37. The molecular formula is C18H27N5O. The molecule has 1 heterocycles. The van der Waals surface area contributed by atoms with Crippen LogP contribution in [0.1, 0.15) is 44.9 Å². The number of hydrogen-bond donors (Lipinski definition) is 2. The van der Waals surface area contributed by atoms with E-state index in [4.69, 9.17) is 0 Å². The first kappa shape index (κ1) is 18.0. The standard InChI is InChI=1S/C18H27N5O/c1-12(2)10-14-6-8-15(9-7-14)16(13(3)4)20-18(24)21-17-19-11-23(5)22-17/h6-9,11-13,16H,10H2,1-5H3,(H2,20,21,22,24). The van der Waals surface area contributed by atoms with Gasteiger partial charge in [-0.1, -0.05) is 52.0 Å². The Hall–Kier alpha value is -2.37. The Balaban J connectivity index is 2.04. The maximum absolute atomic E-state index is 12.2. The van der Waals surface area contributed by atoms with Crippen LogP contribution in [-0.2, 0) is 13.5 Å². The monoisotopic (exact) mass is 329 g/mol. The maximum atomic E-state index is 12.2. The van der Waals surface area contributed by atoms with Crippen LogP contribution in [0.15, 0.2) is 30.6 Å². The highest BCUT2D eigenvalue weighted by molar-refractivity contribution is 5.87. The fourth-order valence-electron chi connectivity index (χ4n) is 2.64. The van der Waals surface area contributed by atoms with Gasteiger partial charge in [0.05, 0.1) is 6.04 Å². The van der Waals surface area contributed by atoms with E-state index in [9.17, 15) is 4.79 Å². The van der Waals surface area contributed by atoms with E-state index in [1.54, 1.807) is 18.1 Å². The minimum Gasteiger partial charge on any atom is -0.331 e. The van der Waals surface area contributed by atoms with Gasteiger partial charge >= 0.3 is 6.03 Å². The van der Waals surface area contributed by atoms with E-state index in [1.807, 2.05) is 0 Å². The summed E-state index contributed by atoms with van der Waals surface area (Å²) in [6.45, 7) is 8.60. The Morgan fingerprint density at radius 1 is 1.17 bits per heavy atom. The Bertz CT molecular complexity index is 660. The van der Waals surface area contributed by atoms with Crippen LogP contribution in [0.4, 0.5) is 10.7 Å². The lowest BCUT2D eigenvalue weighted by molar-refractivity contribution is 0.244. The van der Waals surface area contributed by atoms with Crippen molar-refractivity contribution in [3.63, 3.8) is 0 Å². The normalized spacial score (nSPS) is 12.5. The summed E-state index contributed by atoms with van der Waals surface area (Å²) in [5.41, 5.74) is 2.42. The zero-order valence-electron chi connectivity index (χ0n) is 15.1. The van der Waals surface area contributed by atoms with Crippen LogP contribution in [0.25, 0.3) is 0 Å². The number of hydrogen-bond acceptors (Lipinski definition) is 3. The molecule has 24 heavy (non-hydrogen) atoms. The third kappa shape index (κ3) is 5.08. The molecule has 1 unspecified atom stereocenters. The molecule has 130 valence electrons.